The molecular weight excluding hydrogens is 470 g/mol. The van der Waals surface area contributed by atoms with Crippen molar-refractivity contribution in [2.45, 2.75) is 32.9 Å². The molecule has 2 aromatic heterocycles. The summed E-state index contributed by atoms with van der Waals surface area (Å²) in [6, 6.07) is 2.32. The normalized spacial score (nSPS) is 12.8. The Morgan fingerprint density at radius 2 is 2.05 bits per heavy atom. The van der Waals surface area contributed by atoms with Crippen molar-refractivity contribution in [1.82, 2.24) is 15.1 Å². The third kappa shape index (κ3) is 3.55. The summed E-state index contributed by atoms with van der Waals surface area (Å²) in [5.74, 6) is 0. The fourth-order valence-corrected chi connectivity index (χ4v) is 4.73. The molecule has 20 heavy (non-hydrogen) atoms. The predicted molar refractivity (Wildman–Crippen MR) is 95.5 cm³/mol. The number of rotatable bonds is 6. The SMILES string of the molecule is CCCNC(c1cc(Br)c(Br)s1)c1c(Br)cnn1CC. The van der Waals surface area contributed by atoms with E-state index >= 15 is 0 Å². The fraction of sp³-hybridized carbons (Fsp3) is 0.462. The van der Waals surface area contributed by atoms with Crippen molar-refractivity contribution in [3.63, 3.8) is 0 Å². The van der Waals surface area contributed by atoms with Gasteiger partial charge in [0.1, 0.15) is 0 Å². The van der Waals surface area contributed by atoms with Crippen LogP contribution in [-0.2, 0) is 6.54 Å². The summed E-state index contributed by atoms with van der Waals surface area (Å²) >= 11 is 12.5. The summed E-state index contributed by atoms with van der Waals surface area (Å²) in [4.78, 5) is 1.27. The molecule has 0 radical (unpaired) electrons. The first-order chi connectivity index (χ1) is 9.58. The summed E-state index contributed by atoms with van der Waals surface area (Å²) in [6.45, 7) is 6.12. The molecule has 7 heteroatoms. The Hall–Kier alpha value is 0.310. The van der Waals surface area contributed by atoms with Crippen LogP contribution >= 0.6 is 59.1 Å². The number of nitrogens with zero attached hydrogens (tertiary/aromatic N) is 2. The monoisotopic (exact) mass is 483 g/mol. The molecule has 110 valence electrons. The lowest BCUT2D eigenvalue weighted by molar-refractivity contribution is 0.533. The molecule has 2 rings (SSSR count). The maximum absolute atomic E-state index is 4.43. The van der Waals surface area contributed by atoms with Gasteiger partial charge in [-0.2, -0.15) is 5.10 Å². The van der Waals surface area contributed by atoms with Crippen LogP contribution in [0.25, 0.3) is 0 Å². The van der Waals surface area contributed by atoms with Crippen molar-refractivity contribution < 1.29 is 0 Å². The van der Waals surface area contributed by atoms with E-state index in [2.05, 4.69) is 78.1 Å². The average Bonchev–Trinajstić information content (AvgIpc) is 2.95. The van der Waals surface area contributed by atoms with Gasteiger partial charge in [-0.15, -0.1) is 11.3 Å². The lowest BCUT2D eigenvalue weighted by Crippen LogP contribution is -2.25. The van der Waals surface area contributed by atoms with E-state index in [1.54, 1.807) is 11.3 Å². The second-order valence-electron chi connectivity index (χ2n) is 4.35. The van der Waals surface area contributed by atoms with Gasteiger partial charge in [-0.25, -0.2) is 0 Å². The lowest BCUT2D eigenvalue weighted by atomic mass is 10.1. The van der Waals surface area contributed by atoms with Crippen LogP contribution < -0.4 is 5.32 Å². The van der Waals surface area contributed by atoms with Crippen molar-refractivity contribution >= 4 is 59.1 Å². The quantitative estimate of drug-likeness (QED) is 0.598. The van der Waals surface area contributed by atoms with E-state index in [4.69, 9.17) is 0 Å². The number of hydrogen-bond donors (Lipinski definition) is 1. The maximum Gasteiger partial charge on any atom is 0.0854 e. The van der Waals surface area contributed by atoms with Gasteiger partial charge in [0.2, 0.25) is 0 Å². The van der Waals surface area contributed by atoms with E-state index in [0.29, 0.717) is 0 Å². The van der Waals surface area contributed by atoms with E-state index in [-0.39, 0.29) is 6.04 Å². The molecule has 0 spiro atoms. The third-order valence-corrected chi connectivity index (χ3v) is 6.89. The highest BCUT2D eigenvalue weighted by atomic mass is 79.9. The first-order valence-electron chi connectivity index (χ1n) is 6.47. The Kier molecular flexibility index (Phi) is 6.28. The zero-order valence-corrected chi connectivity index (χ0v) is 16.9. The minimum atomic E-state index is 0.152. The summed E-state index contributed by atoms with van der Waals surface area (Å²) in [5, 5.41) is 8.05. The van der Waals surface area contributed by atoms with Crippen molar-refractivity contribution in [1.29, 1.82) is 0 Å². The van der Waals surface area contributed by atoms with Gasteiger partial charge in [-0.3, -0.25) is 4.68 Å². The molecule has 2 heterocycles. The number of nitrogens with one attached hydrogen (secondary N) is 1. The summed E-state index contributed by atoms with van der Waals surface area (Å²) in [6.07, 6.45) is 2.97. The molecule has 1 unspecified atom stereocenters. The maximum atomic E-state index is 4.43. The first kappa shape index (κ1) is 16.7. The molecule has 0 bridgehead atoms. The Morgan fingerprint density at radius 1 is 1.30 bits per heavy atom. The van der Waals surface area contributed by atoms with Gasteiger partial charge < -0.3 is 5.32 Å². The Labute approximate surface area is 148 Å². The van der Waals surface area contributed by atoms with Gasteiger partial charge in [0.15, 0.2) is 0 Å². The number of aromatic nitrogens is 2. The Morgan fingerprint density at radius 3 is 2.60 bits per heavy atom. The van der Waals surface area contributed by atoms with Crippen LogP contribution in [0.2, 0.25) is 0 Å². The van der Waals surface area contributed by atoms with E-state index in [0.717, 1.165) is 32.2 Å². The van der Waals surface area contributed by atoms with Crippen LogP contribution in [0.15, 0.2) is 25.0 Å². The average molecular weight is 486 g/mol. The minimum Gasteiger partial charge on any atom is -0.304 e. The highest BCUT2D eigenvalue weighted by Crippen LogP contribution is 2.39. The van der Waals surface area contributed by atoms with Crippen LogP contribution in [0.3, 0.4) is 0 Å². The van der Waals surface area contributed by atoms with Crippen LogP contribution in [-0.4, -0.2) is 16.3 Å². The molecule has 0 aliphatic heterocycles. The second-order valence-corrected chi connectivity index (χ2v) is 8.46. The van der Waals surface area contributed by atoms with Crippen LogP contribution in [0.1, 0.15) is 36.9 Å². The predicted octanol–water partition coefficient (Wildman–Crippen LogP) is 5.34. The standard InChI is InChI=1S/C13H16Br3N3S/c1-3-5-17-11(10-6-8(14)13(16)20-10)12-9(15)7-18-19(12)4-2/h6-7,11,17H,3-5H2,1-2H3. The summed E-state index contributed by atoms with van der Waals surface area (Å²) in [7, 11) is 0. The number of hydrogen-bond acceptors (Lipinski definition) is 3. The molecule has 2 aromatic rings. The largest absolute Gasteiger partial charge is 0.304 e. The number of aryl methyl sites for hydroxylation is 1. The highest BCUT2D eigenvalue weighted by Gasteiger charge is 2.23. The number of thiophene rings is 1. The molecule has 3 nitrogen and oxygen atoms in total. The van der Waals surface area contributed by atoms with Gasteiger partial charge in [-0.05, 0) is 73.7 Å². The Bertz CT molecular complexity index is 560. The molecule has 1 N–H and O–H groups in total. The van der Waals surface area contributed by atoms with Gasteiger partial charge in [0.25, 0.3) is 0 Å². The van der Waals surface area contributed by atoms with E-state index in [1.807, 2.05) is 10.9 Å². The summed E-state index contributed by atoms with van der Waals surface area (Å²) in [5.41, 5.74) is 1.18. The zero-order chi connectivity index (χ0) is 14.7. The van der Waals surface area contributed by atoms with E-state index in [1.165, 1.54) is 10.6 Å². The summed E-state index contributed by atoms with van der Waals surface area (Å²) < 4.78 is 5.31. The fourth-order valence-electron chi connectivity index (χ4n) is 2.04. The smallest absolute Gasteiger partial charge is 0.0854 e. The van der Waals surface area contributed by atoms with E-state index < -0.39 is 0 Å². The van der Waals surface area contributed by atoms with Crippen LogP contribution in [0.4, 0.5) is 0 Å². The first-order valence-corrected chi connectivity index (χ1v) is 9.67. The number of halogens is 3. The molecule has 0 aromatic carbocycles. The van der Waals surface area contributed by atoms with Gasteiger partial charge >= 0.3 is 0 Å². The Balaban J connectivity index is 2.43. The van der Waals surface area contributed by atoms with Gasteiger partial charge in [0.05, 0.1) is 26.2 Å². The molecule has 0 fully saturated rings. The second kappa shape index (κ2) is 7.54. The molecule has 0 saturated heterocycles. The van der Waals surface area contributed by atoms with Crippen molar-refractivity contribution in [2.75, 3.05) is 6.54 Å². The molecule has 0 aliphatic carbocycles. The van der Waals surface area contributed by atoms with Crippen LogP contribution in [0.5, 0.6) is 0 Å². The molecular formula is C13H16Br3N3S. The molecule has 0 saturated carbocycles. The molecule has 1 atom stereocenters. The van der Waals surface area contributed by atoms with Gasteiger partial charge in [0, 0.05) is 15.9 Å². The lowest BCUT2D eigenvalue weighted by Gasteiger charge is -2.19. The van der Waals surface area contributed by atoms with Crippen molar-refractivity contribution in [3.05, 3.63) is 35.6 Å². The molecule has 0 aliphatic rings. The van der Waals surface area contributed by atoms with E-state index in [9.17, 15) is 0 Å². The molecule has 0 amide bonds. The van der Waals surface area contributed by atoms with Crippen molar-refractivity contribution in [2.24, 2.45) is 0 Å². The third-order valence-electron chi connectivity index (χ3n) is 2.95. The van der Waals surface area contributed by atoms with Crippen LogP contribution in [0, 0.1) is 0 Å². The van der Waals surface area contributed by atoms with Crippen molar-refractivity contribution in [3.8, 4) is 0 Å². The topological polar surface area (TPSA) is 29.9 Å². The highest BCUT2D eigenvalue weighted by molar-refractivity contribution is 9.13. The minimum absolute atomic E-state index is 0.152. The zero-order valence-electron chi connectivity index (χ0n) is 11.3. The van der Waals surface area contributed by atoms with Gasteiger partial charge in [-0.1, -0.05) is 6.92 Å².